The molecule has 1 aliphatic heterocycles. The van der Waals surface area contributed by atoms with Crippen LogP contribution in [0.1, 0.15) is 46.8 Å². The van der Waals surface area contributed by atoms with Gasteiger partial charge < -0.3 is 24.7 Å². The molecule has 0 bridgehead atoms. The van der Waals surface area contributed by atoms with E-state index in [0.29, 0.717) is 38.4 Å². The van der Waals surface area contributed by atoms with Gasteiger partial charge in [0, 0.05) is 27.2 Å². The van der Waals surface area contributed by atoms with Crippen molar-refractivity contribution in [3.05, 3.63) is 129 Å². The van der Waals surface area contributed by atoms with E-state index in [1.165, 1.54) is 0 Å². The van der Waals surface area contributed by atoms with E-state index in [4.69, 9.17) is 47.9 Å². The van der Waals surface area contributed by atoms with Gasteiger partial charge in [0.15, 0.2) is 0 Å². The largest absolute Gasteiger partial charge is 0.491 e. The second-order valence-corrected chi connectivity index (χ2v) is 10.6. The molecule has 4 aromatic carbocycles. The zero-order valence-electron chi connectivity index (χ0n) is 22.8. The molecule has 212 valence electrons. The Balaban J connectivity index is 1.33. The quantitative estimate of drug-likeness (QED) is 0.162. The minimum atomic E-state index is -0.532. The van der Waals surface area contributed by atoms with Crippen molar-refractivity contribution < 1.29 is 23.7 Å². The van der Waals surface area contributed by atoms with Gasteiger partial charge in [0.1, 0.15) is 41.2 Å². The Morgan fingerprint density at radius 2 is 1.64 bits per heavy atom. The van der Waals surface area contributed by atoms with Crippen LogP contribution in [0.2, 0.25) is 10.0 Å². The number of allylic oxidation sites excluding steroid dienone is 1. The molecule has 5 rings (SSSR count). The first-order valence-electron chi connectivity index (χ1n) is 13.1. The predicted molar refractivity (Wildman–Crippen MR) is 160 cm³/mol. The lowest BCUT2D eigenvalue weighted by molar-refractivity contribution is 0.0734. The summed E-state index contributed by atoms with van der Waals surface area (Å²) in [5.74, 6) is 0.913. The van der Waals surface area contributed by atoms with Crippen molar-refractivity contribution in [1.82, 2.24) is 0 Å². The van der Waals surface area contributed by atoms with Gasteiger partial charge in [-0.05, 0) is 74.0 Å². The van der Waals surface area contributed by atoms with Crippen LogP contribution in [0.15, 0.2) is 96.4 Å². The van der Waals surface area contributed by atoms with Gasteiger partial charge in [-0.25, -0.2) is 4.79 Å². The molecule has 1 unspecified atom stereocenters. The molecule has 1 atom stereocenters. The van der Waals surface area contributed by atoms with Crippen LogP contribution in [0, 0.1) is 11.3 Å². The fraction of sp³-hybridized carbons (Fsp3) is 0.152. The molecule has 0 saturated carbocycles. The highest BCUT2D eigenvalue weighted by molar-refractivity contribution is 6.35. The van der Waals surface area contributed by atoms with Gasteiger partial charge in [-0.15, -0.1) is 0 Å². The van der Waals surface area contributed by atoms with E-state index in [0.717, 1.165) is 11.1 Å². The summed E-state index contributed by atoms with van der Waals surface area (Å²) < 4.78 is 22.9. The predicted octanol–water partition coefficient (Wildman–Crippen LogP) is 7.80. The number of rotatable bonds is 8. The number of carbonyl (C=O) groups is 1. The van der Waals surface area contributed by atoms with E-state index >= 15 is 0 Å². The Bertz CT molecular complexity index is 1690. The van der Waals surface area contributed by atoms with E-state index in [2.05, 4.69) is 6.07 Å². The normalized spacial score (nSPS) is 14.0. The van der Waals surface area contributed by atoms with E-state index in [-0.39, 0.29) is 29.9 Å². The smallest absolute Gasteiger partial charge is 0.343 e. The van der Waals surface area contributed by atoms with Crippen LogP contribution >= 0.6 is 23.2 Å². The van der Waals surface area contributed by atoms with E-state index in [1.807, 2.05) is 44.2 Å². The Hall–Kier alpha value is -4.64. The number of hydrogen-bond donors (Lipinski definition) is 1. The molecule has 42 heavy (non-hydrogen) atoms. The summed E-state index contributed by atoms with van der Waals surface area (Å²) in [7, 11) is 0. The Labute approximate surface area is 253 Å². The first-order chi connectivity index (χ1) is 20.2. The first-order valence-corrected chi connectivity index (χ1v) is 13.8. The number of ether oxygens (including phenoxy) is 4. The van der Waals surface area contributed by atoms with Crippen LogP contribution in [0.5, 0.6) is 23.0 Å². The maximum Gasteiger partial charge on any atom is 0.343 e. The molecule has 0 radical (unpaired) electrons. The van der Waals surface area contributed by atoms with Gasteiger partial charge in [-0.3, -0.25) is 0 Å². The third-order valence-electron chi connectivity index (χ3n) is 6.49. The molecule has 9 heteroatoms. The molecule has 4 aromatic rings. The second kappa shape index (κ2) is 12.5. The number of nitriles is 1. The fourth-order valence-electron chi connectivity index (χ4n) is 4.51. The molecule has 0 aliphatic carbocycles. The van der Waals surface area contributed by atoms with Gasteiger partial charge in [0.25, 0.3) is 0 Å². The average Bonchev–Trinajstić information content (AvgIpc) is 2.96. The highest BCUT2D eigenvalue weighted by atomic mass is 35.5. The number of esters is 1. The van der Waals surface area contributed by atoms with Crippen LogP contribution in [0.3, 0.4) is 0 Å². The Kier molecular flexibility index (Phi) is 8.58. The van der Waals surface area contributed by atoms with Crippen molar-refractivity contribution in [2.24, 2.45) is 5.73 Å². The molecule has 0 saturated heterocycles. The standard InChI is InChI=1S/C33H26Cl2N2O5/c1-19(2)40-25-11-6-21(7-12-25)33(38)41-26-13-14-27-30(16-26)42-32(37)28(17-36)31(27)20-4-9-24(10-5-20)39-18-22-3-8-23(34)15-29(22)35/h3-16,19,31H,18,37H2,1-2H3. The SMILES string of the molecule is CC(C)Oc1ccc(C(=O)Oc2ccc3c(c2)OC(N)=C(C#N)C3c2ccc(OCc3ccc(Cl)cc3Cl)cc2)cc1. The number of hydrogen-bond acceptors (Lipinski definition) is 7. The highest BCUT2D eigenvalue weighted by Crippen LogP contribution is 2.43. The lowest BCUT2D eigenvalue weighted by atomic mass is 9.83. The molecule has 1 aliphatic rings. The number of nitrogens with two attached hydrogens (primary N) is 1. The van der Waals surface area contributed by atoms with E-state index in [1.54, 1.807) is 54.6 Å². The molecule has 2 N–H and O–H groups in total. The van der Waals surface area contributed by atoms with Crippen LogP contribution < -0.4 is 24.7 Å². The lowest BCUT2D eigenvalue weighted by Crippen LogP contribution is -2.21. The van der Waals surface area contributed by atoms with Crippen molar-refractivity contribution >= 4 is 29.2 Å². The summed E-state index contributed by atoms with van der Waals surface area (Å²) in [6.45, 7) is 4.12. The van der Waals surface area contributed by atoms with Gasteiger partial charge >= 0.3 is 5.97 Å². The summed E-state index contributed by atoms with van der Waals surface area (Å²) in [4.78, 5) is 12.8. The fourth-order valence-corrected chi connectivity index (χ4v) is 4.97. The van der Waals surface area contributed by atoms with Crippen LogP contribution in [-0.2, 0) is 6.61 Å². The van der Waals surface area contributed by atoms with Gasteiger partial charge in [0.2, 0.25) is 5.88 Å². The summed E-state index contributed by atoms with van der Waals surface area (Å²) in [5.41, 5.74) is 9.12. The van der Waals surface area contributed by atoms with Crippen molar-refractivity contribution in [2.75, 3.05) is 0 Å². The number of benzene rings is 4. The van der Waals surface area contributed by atoms with Crippen molar-refractivity contribution in [3.8, 4) is 29.1 Å². The highest BCUT2D eigenvalue weighted by Gasteiger charge is 2.31. The molecule has 0 amide bonds. The minimum absolute atomic E-state index is 0.0167. The van der Waals surface area contributed by atoms with Gasteiger partial charge in [-0.2, -0.15) is 5.26 Å². The number of fused-ring (bicyclic) bond motifs is 1. The van der Waals surface area contributed by atoms with Crippen LogP contribution in [-0.4, -0.2) is 12.1 Å². The summed E-state index contributed by atoms with van der Waals surface area (Å²) in [6, 6.07) is 26.5. The molecule has 0 fully saturated rings. The summed E-state index contributed by atoms with van der Waals surface area (Å²) in [6.07, 6.45) is 0.0242. The Morgan fingerprint density at radius 3 is 2.31 bits per heavy atom. The van der Waals surface area contributed by atoms with Crippen LogP contribution in [0.25, 0.3) is 0 Å². The number of nitrogens with zero attached hydrogens (tertiary/aromatic N) is 1. The molecule has 1 heterocycles. The average molecular weight is 601 g/mol. The maximum atomic E-state index is 12.8. The zero-order chi connectivity index (χ0) is 29.8. The summed E-state index contributed by atoms with van der Waals surface area (Å²) in [5, 5.41) is 11.0. The topological polar surface area (TPSA) is 104 Å². The number of halogens is 2. The molecule has 0 aromatic heterocycles. The lowest BCUT2D eigenvalue weighted by Gasteiger charge is -2.26. The second-order valence-electron chi connectivity index (χ2n) is 9.80. The third-order valence-corrected chi connectivity index (χ3v) is 7.07. The van der Waals surface area contributed by atoms with Gasteiger partial charge in [0.05, 0.1) is 17.6 Å². The van der Waals surface area contributed by atoms with E-state index < -0.39 is 11.9 Å². The maximum absolute atomic E-state index is 12.8. The van der Waals surface area contributed by atoms with Crippen molar-refractivity contribution in [1.29, 1.82) is 5.26 Å². The van der Waals surface area contributed by atoms with Crippen LogP contribution in [0.4, 0.5) is 0 Å². The monoisotopic (exact) mass is 600 g/mol. The Morgan fingerprint density at radius 1 is 0.952 bits per heavy atom. The summed E-state index contributed by atoms with van der Waals surface area (Å²) >= 11 is 12.2. The first kappa shape index (κ1) is 28.9. The molecular weight excluding hydrogens is 575 g/mol. The van der Waals surface area contributed by atoms with Crippen molar-refractivity contribution in [2.45, 2.75) is 32.5 Å². The van der Waals surface area contributed by atoms with Gasteiger partial charge in [-0.1, -0.05) is 47.5 Å². The molecule has 0 spiro atoms. The molecular formula is C33H26Cl2N2O5. The minimum Gasteiger partial charge on any atom is -0.491 e. The molecule has 7 nitrogen and oxygen atoms in total. The number of carbonyl (C=O) groups excluding carboxylic acids is 1. The van der Waals surface area contributed by atoms with E-state index in [9.17, 15) is 10.1 Å². The zero-order valence-corrected chi connectivity index (χ0v) is 24.3. The third kappa shape index (κ3) is 6.46. The van der Waals surface area contributed by atoms with Crippen molar-refractivity contribution in [3.63, 3.8) is 0 Å².